The van der Waals surface area contributed by atoms with Gasteiger partial charge in [-0.3, -0.25) is 9.59 Å². The Morgan fingerprint density at radius 1 is 1.03 bits per heavy atom. The molecular formula is C30H37N3O4. The van der Waals surface area contributed by atoms with Gasteiger partial charge in [-0.15, -0.1) is 0 Å². The third-order valence-corrected chi connectivity index (χ3v) is 6.44. The zero-order valence-electron chi connectivity index (χ0n) is 22.1. The van der Waals surface area contributed by atoms with E-state index in [-0.39, 0.29) is 11.3 Å². The fourth-order valence-corrected chi connectivity index (χ4v) is 3.92. The normalized spacial score (nSPS) is 12.0. The van der Waals surface area contributed by atoms with Crippen molar-refractivity contribution in [2.75, 3.05) is 34.4 Å². The van der Waals surface area contributed by atoms with Gasteiger partial charge in [0.25, 0.3) is 0 Å². The lowest BCUT2D eigenvalue weighted by Gasteiger charge is -2.25. The Morgan fingerprint density at radius 3 is 2.41 bits per heavy atom. The number of carbonyl (C=O) groups is 1. The largest absolute Gasteiger partial charge is 0.493 e. The number of methoxy groups -OCH3 is 2. The van der Waals surface area contributed by atoms with Crippen LogP contribution < -0.4 is 20.2 Å². The van der Waals surface area contributed by atoms with Gasteiger partial charge in [-0.2, -0.15) is 0 Å². The van der Waals surface area contributed by atoms with Gasteiger partial charge in [-0.1, -0.05) is 30.4 Å². The molecule has 7 heteroatoms. The first-order chi connectivity index (χ1) is 17.9. The fraction of sp³-hybridized carbons (Fsp3) is 0.333. The van der Waals surface area contributed by atoms with Gasteiger partial charge in [0.2, 0.25) is 5.91 Å². The van der Waals surface area contributed by atoms with Crippen molar-refractivity contribution in [3.63, 3.8) is 0 Å². The lowest BCUT2D eigenvalue weighted by atomic mass is 10.1. The minimum absolute atomic E-state index is 0.0124. The van der Waals surface area contributed by atoms with Gasteiger partial charge in [0.1, 0.15) is 0 Å². The molecule has 0 aliphatic rings. The number of nitrogens with one attached hydrogen (secondary N) is 1. The molecule has 3 aromatic rings. The molecule has 0 aliphatic heterocycles. The number of hydrogen-bond acceptors (Lipinski definition) is 5. The Balaban J connectivity index is 1.36. The average molecular weight is 504 g/mol. The van der Waals surface area contributed by atoms with Crippen molar-refractivity contribution in [2.24, 2.45) is 0 Å². The Hall–Kier alpha value is -3.84. The van der Waals surface area contributed by atoms with Crippen molar-refractivity contribution in [1.29, 1.82) is 0 Å². The third-order valence-electron chi connectivity index (χ3n) is 6.44. The number of pyridine rings is 1. The number of amides is 1. The number of hydrogen-bond donors (Lipinski definition) is 1. The van der Waals surface area contributed by atoms with Crippen molar-refractivity contribution in [3.05, 3.63) is 94.4 Å². The third kappa shape index (κ3) is 8.65. The molecule has 1 N–H and O–H groups in total. The summed E-state index contributed by atoms with van der Waals surface area (Å²) in [5.74, 6) is 1.50. The molecule has 3 rings (SSSR count). The summed E-state index contributed by atoms with van der Waals surface area (Å²) in [5, 5.41) is 3.02. The summed E-state index contributed by atoms with van der Waals surface area (Å²) in [6, 6.07) is 17.4. The maximum Gasteiger partial charge on any atom is 0.223 e. The molecule has 196 valence electrons. The van der Waals surface area contributed by atoms with E-state index in [1.54, 1.807) is 26.6 Å². The Labute approximate surface area is 219 Å². The Morgan fingerprint density at radius 2 is 1.73 bits per heavy atom. The molecule has 0 radical (unpaired) electrons. The molecule has 2 aromatic carbocycles. The molecule has 7 nitrogen and oxygen atoms in total. The van der Waals surface area contributed by atoms with Crippen LogP contribution in [0.5, 0.6) is 11.5 Å². The molecule has 1 aromatic heterocycles. The van der Waals surface area contributed by atoms with Gasteiger partial charge in [0.15, 0.2) is 16.9 Å². The predicted octanol–water partition coefficient (Wildman–Crippen LogP) is 4.33. The average Bonchev–Trinajstić information content (AvgIpc) is 2.92. The molecular weight excluding hydrogens is 466 g/mol. The summed E-state index contributed by atoms with van der Waals surface area (Å²) in [7, 11) is 5.40. The maximum absolute atomic E-state index is 12.2. The van der Waals surface area contributed by atoms with E-state index in [1.165, 1.54) is 17.7 Å². The summed E-state index contributed by atoms with van der Waals surface area (Å²) >= 11 is 0. The Bertz CT molecular complexity index is 1210. The van der Waals surface area contributed by atoms with Gasteiger partial charge in [-0.05, 0) is 62.2 Å². The van der Waals surface area contributed by atoms with Crippen LogP contribution in [0.25, 0.3) is 11.8 Å². The predicted molar refractivity (Wildman–Crippen MR) is 149 cm³/mol. The number of rotatable bonds is 13. The second kappa shape index (κ2) is 14.0. The first kappa shape index (κ1) is 27.7. The second-order valence-electron chi connectivity index (χ2n) is 9.05. The summed E-state index contributed by atoms with van der Waals surface area (Å²) in [4.78, 5) is 25.8. The molecule has 0 aliphatic carbocycles. The highest BCUT2D eigenvalue weighted by molar-refractivity contribution is 5.78. The van der Waals surface area contributed by atoms with Crippen LogP contribution in [0.2, 0.25) is 0 Å². The molecule has 0 fully saturated rings. The zero-order chi connectivity index (χ0) is 26.6. The molecule has 1 heterocycles. The number of carbonyl (C=O) groups excluding carboxylic acids is 1. The second-order valence-corrected chi connectivity index (χ2v) is 9.05. The molecule has 1 amide bonds. The first-order valence-electron chi connectivity index (χ1n) is 12.5. The van der Waals surface area contributed by atoms with Crippen LogP contribution in [0.4, 0.5) is 0 Å². The van der Waals surface area contributed by atoms with Gasteiger partial charge in [0, 0.05) is 55.8 Å². The van der Waals surface area contributed by atoms with Crippen LogP contribution >= 0.6 is 0 Å². The smallest absolute Gasteiger partial charge is 0.223 e. The number of likely N-dealkylation sites (N-methyl/N-ethyl adjacent to an activating group) is 1. The number of nitrogens with zero attached hydrogens (tertiary/aromatic N) is 2. The van der Waals surface area contributed by atoms with Crippen molar-refractivity contribution in [3.8, 4) is 17.2 Å². The number of benzene rings is 2. The van der Waals surface area contributed by atoms with Crippen LogP contribution in [-0.2, 0) is 11.2 Å². The van der Waals surface area contributed by atoms with E-state index < -0.39 is 0 Å². The minimum Gasteiger partial charge on any atom is -0.493 e. The number of aromatic nitrogens is 1. The van der Waals surface area contributed by atoms with Gasteiger partial charge in [-0.25, -0.2) is 0 Å². The number of ether oxygens (including phenoxy) is 2. The standard InChI is InChI=1S/C30H37N3O4/c1-23(32(2)19-15-25-10-13-28(36-3)29(22-25)37-4)14-18-31-30(35)7-5-6-24-8-11-26(12-9-24)33-20-16-27(34)17-21-33/h5-6,8-13,16-17,20-23H,7,14-15,18-19H2,1-4H3,(H,31,35)/b6-5+. The van der Waals surface area contributed by atoms with Crippen molar-refractivity contribution >= 4 is 12.0 Å². The lowest BCUT2D eigenvalue weighted by molar-refractivity contribution is -0.120. The molecule has 0 spiro atoms. The van der Waals surface area contributed by atoms with E-state index in [9.17, 15) is 9.59 Å². The van der Waals surface area contributed by atoms with Crippen molar-refractivity contribution in [2.45, 2.75) is 32.2 Å². The van der Waals surface area contributed by atoms with Crippen LogP contribution in [0, 0.1) is 0 Å². The summed E-state index contributed by atoms with van der Waals surface area (Å²) in [6.07, 6.45) is 9.43. The molecule has 1 atom stereocenters. The van der Waals surface area contributed by atoms with Crippen LogP contribution in [0.1, 0.15) is 30.9 Å². The summed E-state index contributed by atoms with van der Waals surface area (Å²) in [5.41, 5.74) is 3.17. The quantitative estimate of drug-likeness (QED) is 0.376. The van der Waals surface area contributed by atoms with E-state index in [1.807, 2.05) is 53.1 Å². The minimum atomic E-state index is -0.0124. The van der Waals surface area contributed by atoms with E-state index >= 15 is 0 Å². The summed E-state index contributed by atoms with van der Waals surface area (Å²) < 4.78 is 12.6. The first-order valence-corrected chi connectivity index (χ1v) is 12.5. The molecule has 0 saturated carbocycles. The summed E-state index contributed by atoms with van der Waals surface area (Å²) in [6.45, 7) is 3.73. The van der Waals surface area contributed by atoms with Crippen molar-refractivity contribution < 1.29 is 14.3 Å². The molecule has 0 bridgehead atoms. The highest BCUT2D eigenvalue weighted by atomic mass is 16.5. The molecule has 0 saturated heterocycles. The van der Waals surface area contributed by atoms with Gasteiger partial charge >= 0.3 is 0 Å². The fourth-order valence-electron chi connectivity index (χ4n) is 3.92. The lowest BCUT2D eigenvalue weighted by Crippen LogP contribution is -2.35. The van der Waals surface area contributed by atoms with Crippen LogP contribution in [-0.4, -0.2) is 55.8 Å². The SMILES string of the molecule is COc1ccc(CCN(C)C(C)CCNC(=O)C/C=C/c2ccc(-n3ccc(=O)cc3)cc2)cc1OC. The van der Waals surface area contributed by atoms with E-state index in [0.29, 0.717) is 19.0 Å². The monoisotopic (exact) mass is 503 g/mol. The van der Waals surface area contributed by atoms with E-state index in [2.05, 4.69) is 30.3 Å². The highest BCUT2D eigenvalue weighted by Crippen LogP contribution is 2.27. The van der Waals surface area contributed by atoms with Crippen LogP contribution in [0.15, 0.2) is 77.9 Å². The van der Waals surface area contributed by atoms with Gasteiger partial charge in [0.05, 0.1) is 14.2 Å². The van der Waals surface area contributed by atoms with Gasteiger partial charge < -0.3 is 24.3 Å². The highest BCUT2D eigenvalue weighted by Gasteiger charge is 2.11. The maximum atomic E-state index is 12.2. The van der Waals surface area contributed by atoms with Crippen molar-refractivity contribution in [1.82, 2.24) is 14.8 Å². The zero-order valence-corrected chi connectivity index (χ0v) is 22.1. The molecule has 37 heavy (non-hydrogen) atoms. The van der Waals surface area contributed by atoms with E-state index in [0.717, 1.165) is 42.1 Å². The Kier molecular flexibility index (Phi) is 10.5. The topological polar surface area (TPSA) is 72.8 Å². The molecule has 1 unspecified atom stereocenters. The van der Waals surface area contributed by atoms with Crippen LogP contribution in [0.3, 0.4) is 0 Å². The van der Waals surface area contributed by atoms with E-state index in [4.69, 9.17) is 9.47 Å².